The Morgan fingerprint density at radius 3 is 2.52 bits per heavy atom. The van der Waals surface area contributed by atoms with Crippen molar-refractivity contribution in [2.75, 3.05) is 19.5 Å². The predicted octanol–water partition coefficient (Wildman–Crippen LogP) is 4.03. The molecule has 0 radical (unpaired) electrons. The van der Waals surface area contributed by atoms with Gasteiger partial charge in [-0.1, -0.05) is 0 Å². The summed E-state index contributed by atoms with van der Waals surface area (Å²) < 4.78 is 16.2. The topological polar surface area (TPSA) is 98.5 Å². The lowest BCUT2D eigenvalue weighted by Crippen LogP contribution is -2.34. The molecule has 0 aliphatic heterocycles. The molecule has 0 atom stereocenters. The highest BCUT2D eigenvalue weighted by molar-refractivity contribution is 7.80. The number of oxazole rings is 1. The predicted molar refractivity (Wildman–Crippen MR) is 120 cm³/mol. The molecule has 4 rings (SSSR count). The molecule has 2 aromatic heterocycles. The molecule has 0 saturated heterocycles. The zero-order valence-electron chi connectivity index (χ0n) is 16.7. The van der Waals surface area contributed by atoms with Gasteiger partial charge in [0.2, 0.25) is 5.89 Å². The van der Waals surface area contributed by atoms with Gasteiger partial charge in [0.15, 0.2) is 22.2 Å². The Balaban J connectivity index is 1.46. The number of thiocarbonyl (C=S) groups is 1. The van der Waals surface area contributed by atoms with E-state index in [0.717, 1.165) is 5.56 Å². The maximum Gasteiger partial charge on any atom is 0.257 e. The smallest absolute Gasteiger partial charge is 0.257 e. The highest BCUT2D eigenvalue weighted by Crippen LogP contribution is 2.28. The summed E-state index contributed by atoms with van der Waals surface area (Å²) in [7, 11) is 3.04. The van der Waals surface area contributed by atoms with Crippen LogP contribution in [-0.4, -0.2) is 35.2 Å². The molecule has 0 saturated carbocycles. The number of methoxy groups -OCH3 is 2. The number of nitrogens with zero attached hydrogens (tertiary/aromatic N) is 2. The Bertz CT molecular complexity index is 1260. The number of nitrogens with one attached hydrogen (secondary N) is 2. The standard InChI is InChI=1S/C22H18N4O4S/c1-28-18-5-3-14(11-19(18)29-2)20(27)26-22(31)24-15-4-6-17-16(12-15)25-21(30-17)13-7-9-23-10-8-13/h3-12H,1-2H3,(H2,24,26,27,31). The van der Waals surface area contributed by atoms with Crippen molar-refractivity contribution in [1.29, 1.82) is 0 Å². The fourth-order valence-corrected chi connectivity index (χ4v) is 3.15. The van der Waals surface area contributed by atoms with Crippen LogP contribution in [0.25, 0.3) is 22.6 Å². The first kappa shape index (κ1) is 20.3. The Labute approximate surface area is 183 Å². The van der Waals surface area contributed by atoms with E-state index in [2.05, 4.69) is 20.6 Å². The average molecular weight is 434 g/mol. The van der Waals surface area contributed by atoms with Crippen molar-refractivity contribution in [2.45, 2.75) is 0 Å². The first-order chi connectivity index (χ1) is 15.1. The number of rotatable bonds is 5. The molecule has 0 fully saturated rings. The number of pyridine rings is 1. The number of carbonyl (C=O) groups excluding carboxylic acids is 1. The van der Waals surface area contributed by atoms with Gasteiger partial charge in [-0.25, -0.2) is 4.98 Å². The molecule has 9 heteroatoms. The lowest BCUT2D eigenvalue weighted by atomic mass is 10.2. The average Bonchev–Trinajstić information content (AvgIpc) is 3.22. The summed E-state index contributed by atoms with van der Waals surface area (Å²) in [5.74, 6) is 1.11. The lowest BCUT2D eigenvalue weighted by molar-refractivity contribution is 0.0977. The summed E-state index contributed by atoms with van der Waals surface area (Å²) in [6, 6.07) is 13.9. The minimum atomic E-state index is -0.374. The molecule has 0 unspecified atom stereocenters. The molecule has 0 spiro atoms. The fraction of sp³-hybridized carbons (Fsp3) is 0.0909. The van der Waals surface area contributed by atoms with Gasteiger partial charge in [0.1, 0.15) is 5.52 Å². The van der Waals surface area contributed by atoms with Crippen LogP contribution in [0.15, 0.2) is 65.3 Å². The number of hydrogen-bond acceptors (Lipinski definition) is 7. The second kappa shape index (κ2) is 8.80. The summed E-state index contributed by atoms with van der Waals surface area (Å²) in [4.78, 5) is 21.0. The summed E-state index contributed by atoms with van der Waals surface area (Å²) >= 11 is 5.28. The van der Waals surface area contributed by atoms with Gasteiger partial charge in [-0.05, 0) is 60.7 Å². The van der Waals surface area contributed by atoms with Crippen molar-refractivity contribution in [1.82, 2.24) is 15.3 Å². The number of anilines is 1. The van der Waals surface area contributed by atoms with E-state index >= 15 is 0 Å². The molecule has 0 aliphatic rings. The number of benzene rings is 2. The van der Waals surface area contributed by atoms with Gasteiger partial charge >= 0.3 is 0 Å². The number of hydrogen-bond donors (Lipinski definition) is 2. The number of fused-ring (bicyclic) bond motifs is 1. The lowest BCUT2D eigenvalue weighted by Gasteiger charge is -2.11. The van der Waals surface area contributed by atoms with Crippen LogP contribution in [0.5, 0.6) is 11.5 Å². The summed E-state index contributed by atoms with van der Waals surface area (Å²) in [5.41, 5.74) is 3.18. The van der Waals surface area contributed by atoms with Gasteiger partial charge in [0, 0.05) is 29.2 Å². The largest absolute Gasteiger partial charge is 0.493 e. The van der Waals surface area contributed by atoms with Crippen LogP contribution >= 0.6 is 12.2 Å². The maximum absolute atomic E-state index is 12.5. The van der Waals surface area contributed by atoms with Crippen LogP contribution in [-0.2, 0) is 0 Å². The van der Waals surface area contributed by atoms with E-state index in [9.17, 15) is 4.79 Å². The number of ether oxygens (including phenoxy) is 2. The van der Waals surface area contributed by atoms with E-state index in [0.29, 0.717) is 39.7 Å². The SMILES string of the molecule is COc1ccc(C(=O)NC(=S)Nc2ccc3oc(-c4ccncc4)nc3c2)cc1OC. The second-order valence-electron chi connectivity index (χ2n) is 6.42. The molecule has 31 heavy (non-hydrogen) atoms. The minimum absolute atomic E-state index is 0.150. The molecule has 1 amide bonds. The number of amides is 1. The molecular formula is C22H18N4O4S. The van der Waals surface area contributed by atoms with Crippen molar-refractivity contribution in [3.05, 3.63) is 66.5 Å². The zero-order chi connectivity index (χ0) is 21.8. The molecule has 156 valence electrons. The highest BCUT2D eigenvalue weighted by atomic mass is 32.1. The first-order valence-corrected chi connectivity index (χ1v) is 9.63. The zero-order valence-corrected chi connectivity index (χ0v) is 17.5. The Morgan fingerprint density at radius 1 is 1.00 bits per heavy atom. The van der Waals surface area contributed by atoms with Crippen LogP contribution < -0.4 is 20.1 Å². The van der Waals surface area contributed by atoms with Crippen LogP contribution in [0.3, 0.4) is 0 Å². The molecule has 0 aliphatic carbocycles. The van der Waals surface area contributed by atoms with Crippen LogP contribution in [0, 0.1) is 0 Å². The number of aromatic nitrogens is 2. The van der Waals surface area contributed by atoms with E-state index in [1.54, 1.807) is 48.8 Å². The Kier molecular flexibility index (Phi) is 5.76. The summed E-state index contributed by atoms with van der Waals surface area (Å²) in [6.07, 6.45) is 3.35. The quantitative estimate of drug-likeness (QED) is 0.454. The van der Waals surface area contributed by atoms with Crippen LogP contribution in [0.2, 0.25) is 0 Å². The summed E-state index contributed by atoms with van der Waals surface area (Å²) in [5, 5.41) is 5.78. The third-order valence-electron chi connectivity index (χ3n) is 4.45. The molecular weight excluding hydrogens is 416 g/mol. The first-order valence-electron chi connectivity index (χ1n) is 9.22. The highest BCUT2D eigenvalue weighted by Gasteiger charge is 2.13. The van der Waals surface area contributed by atoms with E-state index < -0.39 is 0 Å². The molecule has 2 heterocycles. The normalized spacial score (nSPS) is 10.5. The monoisotopic (exact) mass is 434 g/mol. The van der Waals surface area contributed by atoms with Crippen LogP contribution in [0.1, 0.15) is 10.4 Å². The molecule has 2 N–H and O–H groups in total. The van der Waals surface area contributed by atoms with Gasteiger partial charge in [-0.2, -0.15) is 0 Å². The van der Waals surface area contributed by atoms with Gasteiger partial charge in [-0.3, -0.25) is 15.1 Å². The van der Waals surface area contributed by atoms with Crippen molar-refractivity contribution >= 4 is 40.0 Å². The van der Waals surface area contributed by atoms with E-state index in [1.807, 2.05) is 12.1 Å². The second-order valence-corrected chi connectivity index (χ2v) is 6.82. The third-order valence-corrected chi connectivity index (χ3v) is 4.65. The molecule has 8 nitrogen and oxygen atoms in total. The Hall–Kier alpha value is -3.98. The van der Waals surface area contributed by atoms with Gasteiger partial charge in [0.25, 0.3) is 5.91 Å². The fourth-order valence-electron chi connectivity index (χ4n) is 2.94. The number of carbonyl (C=O) groups is 1. The van der Waals surface area contributed by atoms with E-state index in [4.69, 9.17) is 26.1 Å². The van der Waals surface area contributed by atoms with Crippen molar-refractivity contribution < 1.29 is 18.7 Å². The maximum atomic E-state index is 12.5. The van der Waals surface area contributed by atoms with Gasteiger partial charge in [0.05, 0.1) is 14.2 Å². The third kappa shape index (κ3) is 4.46. The Morgan fingerprint density at radius 2 is 1.77 bits per heavy atom. The van der Waals surface area contributed by atoms with Crippen molar-refractivity contribution in [2.24, 2.45) is 0 Å². The summed E-state index contributed by atoms with van der Waals surface area (Å²) in [6.45, 7) is 0. The van der Waals surface area contributed by atoms with Crippen molar-refractivity contribution in [3.8, 4) is 23.0 Å². The molecule has 2 aromatic carbocycles. The minimum Gasteiger partial charge on any atom is -0.493 e. The van der Waals surface area contributed by atoms with E-state index in [-0.39, 0.29) is 11.0 Å². The van der Waals surface area contributed by atoms with Crippen LogP contribution in [0.4, 0.5) is 5.69 Å². The van der Waals surface area contributed by atoms with Gasteiger partial charge in [-0.15, -0.1) is 0 Å². The molecule has 4 aromatic rings. The van der Waals surface area contributed by atoms with E-state index in [1.165, 1.54) is 14.2 Å². The van der Waals surface area contributed by atoms with Crippen molar-refractivity contribution in [3.63, 3.8) is 0 Å². The van der Waals surface area contributed by atoms with Gasteiger partial charge < -0.3 is 19.2 Å². The molecule has 0 bridgehead atoms.